The lowest BCUT2D eigenvalue weighted by Gasteiger charge is -2.18. The van der Waals surface area contributed by atoms with Gasteiger partial charge in [0, 0.05) is 13.1 Å². The second-order valence-corrected chi connectivity index (χ2v) is 4.24. The van der Waals surface area contributed by atoms with E-state index in [1.54, 1.807) is 0 Å². The van der Waals surface area contributed by atoms with Gasteiger partial charge in [0.25, 0.3) is 5.91 Å². The topological polar surface area (TPSA) is 40.5 Å². The smallest absolute Gasteiger partial charge is 0.391 e. The molecule has 98 valence electrons. The zero-order valence-electron chi connectivity index (χ0n) is 9.44. The Morgan fingerprint density at radius 3 is 2.56 bits per heavy atom. The van der Waals surface area contributed by atoms with E-state index < -0.39 is 23.8 Å². The highest BCUT2D eigenvalue weighted by atomic mass is 19.4. The average Bonchev–Trinajstić information content (AvgIpc) is 2.74. The van der Waals surface area contributed by atoms with Crippen LogP contribution in [0.2, 0.25) is 0 Å². The molecule has 0 saturated carbocycles. The standard InChI is InChI=1S/C12H12F3NO2/c13-12(14,15)10-4-2-1-3-9(10)11(18)16-6-5-8(17)7-16/h1-4,8,17H,5-7H2. The van der Waals surface area contributed by atoms with E-state index >= 15 is 0 Å². The molecule has 1 aromatic carbocycles. The van der Waals surface area contributed by atoms with Crippen LogP contribution in [0.5, 0.6) is 0 Å². The summed E-state index contributed by atoms with van der Waals surface area (Å²) >= 11 is 0. The minimum atomic E-state index is -4.55. The van der Waals surface area contributed by atoms with Crippen LogP contribution < -0.4 is 0 Å². The summed E-state index contributed by atoms with van der Waals surface area (Å²) in [6, 6.07) is 4.70. The molecule has 0 aliphatic carbocycles. The van der Waals surface area contributed by atoms with Gasteiger partial charge in [-0.05, 0) is 18.6 Å². The van der Waals surface area contributed by atoms with Crippen molar-refractivity contribution in [2.45, 2.75) is 18.7 Å². The number of likely N-dealkylation sites (tertiary alicyclic amines) is 1. The number of hydrogen-bond acceptors (Lipinski definition) is 2. The molecule has 1 amide bonds. The van der Waals surface area contributed by atoms with Gasteiger partial charge in [-0.3, -0.25) is 4.79 Å². The number of halogens is 3. The number of aliphatic hydroxyl groups excluding tert-OH is 1. The molecule has 3 nitrogen and oxygen atoms in total. The summed E-state index contributed by atoms with van der Waals surface area (Å²) in [5.74, 6) is -0.681. The van der Waals surface area contributed by atoms with Crippen LogP contribution in [0, 0.1) is 0 Å². The fraction of sp³-hybridized carbons (Fsp3) is 0.417. The second kappa shape index (κ2) is 4.61. The monoisotopic (exact) mass is 259 g/mol. The minimum absolute atomic E-state index is 0.0883. The number of hydrogen-bond donors (Lipinski definition) is 1. The first-order valence-corrected chi connectivity index (χ1v) is 5.53. The van der Waals surface area contributed by atoms with Crippen molar-refractivity contribution >= 4 is 5.91 Å². The molecule has 1 aliphatic heterocycles. The van der Waals surface area contributed by atoms with Gasteiger partial charge >= 0.3 is 6.18 Å². The Labute approximate surface area is 102 Å². The molecule has 1 saturated heterocycles. The van der Waals surface area contributed by atoms with Gasteiger partial charge in [-0.15, -0.1) is 0 Å². The molecule has 1 fully saturated rings. The molecule has 1 N–H and O–H groups in total. The van der Waals surface area contributed by atoms with Crippen LogP contribution in [-0.4, -0.2) is 35.1 Å². The van der Waals surface area contributed by atoms with E-state index in [1.165, 1.54) is 17.0 Å². The molecule has 18 heavy (non-hydrogen) atoms. The van der Waals surface area contributed by atoms with Crippen molar-refractivity contribution in [3.05, 3.63) is 35.4 Å². The zero-order valence-corrected chi connectivity index (χ0v) is 9.44. The maximum absolute atomic E-state index is 12.8. The van der Waals surface area contributed by atoms with Crippen molar-refractivity contribution in [2.24, 2.45) is 0 Å². The van der Waals surface area contributed by atoms with E-state index in [4.69, 9.17) is 0 Å². The normalized spacial score (nSPS) is 20.2. The van der Waals surface area contributed by atoms with Crippen molar-refractivity contribution in [2.75, 3.05) is 13.1 Å². The van der Waals surface area contributed by atoms with E-state index in [2.05, 4.69) is 0 Å². The van der Waals surface area contributed by atoms with E-state index in [0.29, 0.717) is 6.42 Å². The SMILES string of the molecule is O=C(c1ccccc1C(F)(F)F)N1CCC(O)C1. The molecule has 6 heteroatoms. The summed E-state index contributed by atoms with van der Waals surface area (Å²) in [5.41, 5.74) is -1.30. The number of β-amino-alcohol motifs (C(OH)–C–C–N with tert-alkyl or cyclic N) is 1. The maximum Gasteiger partial charge on any atom is 0.417 e. The summed E-state index contributed by atoms with van der Waals surface area (Å²) in [4.78, 5) is 13.2. The Bertz CT molecular complexity index is 459. The lowest BCUT2D eigenvalue weighted by atomic mass is 10.1. The van der Waals surface area contributed by atoms with Crippen molar-refractivity contribution in [3.63, 3.8) is 0 Å². The largest absolute Gasteiger partial charge is 0.417 e. The second-order valence-electron chi connectivity index (χ2n) is 4.24. The molecule has 0 aromatic heterocycles. The number of aliphatic hydroxyl groups is 1. The highest BCUT2D eigenvalue weighted by Gasteiger charge is 2.36. The van der Waals surface area contributed by atoms with Crippen LogP contribution in [0.4, 0.5) is 13.2 Å². The Balaban J connectivity index is 2.31. The van der Waals surface area contributed by atoms with Crippen LogP contribution in [0.25, 0.3) is 0 Å². The highest BCUT2D eigenvalue weighted by molar-refractivity contribution is 5.96. The predicted octanol–water partition coefficient (Wildman–Crippen LogP) is 1.91. The van der Waals surface area contributed by atoms with Crippen molar-refractivity contribution in [1.82, 2.24) is 4.90 Å². The molecular formula is C12H12F3NO2. The van der Waals surface area contributed by atoms with Crippen LogP contribution >= 0.6 is 0 Å². The van der Waals surface area contributed by atoms with E-state index in [-0.39, 0.29) is 18.7 Å². The number of rotatable bonds is 1. The third-order valence-electron chi connectivity index (χ3n) is 2.91. The van der Waals surface area contributed by atoms with Gasteiger partial charge in [-0.1, -0.05) is 12.1 Å². The molecule has 1 unspecified atom stereocenters. The van der Waals surface area contributed by atoms with Crippen LogP contribution in [0.15, 0.2) is 24.3 Å². The molecule has 2 rings (SSSR count). The van der Waals surface area contributed by atoms with Crippen molar-refractivity contribution in [3.8, 4) is 0 Å². The highest BCUT2D eigenvalue weighted by Crippen LogP contribution is 2.32. The first-order valence-electron chi connectivity index (χ1n) is 5.53. The van der Waals surface area contributed by atoms with Gasteiger partial charge in [0.15, 0.2) is 0 Å². The first kappa shape index (κ1) is 12.9. The molecule has 1 atom stereocenters. The van der Waals surface area contributed by atoms with Crippen LogP contribution in [0.1, 0.15) is 22.3 Å². The first-order chi connectivity index (χ1) is 8.39. The third-order valence-corrected chi connectivity index (χ3v) is 2.91. The van der Waals surface area contributed by atoms with Crippen LogP contribution in [-0.2, 0) is 6.18 Å². The number of benzene rings is 1. The number of nitrogens with zero attached hydrogens (tertiary/aromatic N) is 1. The molecule has 1 aliphatic rings. The average molecular weight is 259 g/mol. The summed E-state index contributed by atoms with van der Waals surface area (Å²) in [6.07, 6.45) is -4.79. The Morgan fingerprint density at radius 1 is 1.33 bits per heavy atom. The van der Waals surface area contributed by atoms with E-state index in [0.717, 1.165) is 12.1 Å². The number of amides is 1. The summed E-state index contributed by atoms with van der Waals surface area (Å²) in [6.45, 7) is 0.372. The predicted molar refractivity (Wildman–Crippen MR) is 58.0 cm³/mol. The maximum atomic E-state index is 12.8. The van der Waals surface area contributed by atoms with E-state index in [1.807, 2.05) is 0 Å². The van der Waals surface area contributed by atoms with Crippen molar-refractivity contribution < 1.29 is 23.1 Å². The van der Waals surface area contributed by atoms with Crippen LogP contribution in [0.3, 0.4) is 0 Å². The third kappa shape index (κ3) is 2.48. The van der Waals surface area contributed by atoms with Gasteiger partial charge in [0.1, 0.15) is 0 Å². The molecule has 1 aromatic rings. The Hall–Kier alpha value is -1.56. The lowest BCUT2D eigenvalue weighted by Crippen LogP contribution is -2.31. The van der Waals surface area contributed by atoms with Gasteiger partial charge in [0.05, 0.1) is 17.2 Å². The number of carbonyl (C=O) groups is 1. The van der Waals surface area contributed by atoms with E-state index in [9.17, 15) is 23.1 Å². The number of carbonyl (C=O) groups excluding carboxylic acids is 1. The molecule has 1 heterocycles. The summed E-state index contributed by atoms with van der Waals surface area (Å²) in [7, 11) is 0. The molecule has 0 spiro atoms. The quantitative estimate of drug-likeness (QED) is 0.837. The fourth-order valence-electron chi connectivity index (χ4n) is 2.01. The van der Waals surface area contributed by atoms with Gasteiger partial charge in [-0.25, -0.2) is 0 Å². The summed E-state index contributed by atoms with van der Waals surface area (Å²) < 4.78 is 38.3. The summed E-state index contributed by atoms with van der Waals surface area (Å²) in [5, 5.41) is 9.31. The minimum Gasteiger partial charge on any atom is -0.391 e. The Morgan fingerprint density at radius 2 is 2.00 bits per heavy atom. The zero-order chi connectivity index (χ0) is 13.3. The molecule has 0 radical (unpaired) electrons. The number of alkyl halides is 3. The molecule has 0 bridgehead atoms. The molecular weight excluding hydrogens is 247 g/mol. The van der Waals surface area contributed by atoms with Crippen molar-refractivity contribution in [1.29, 1.82) is 0 Å². The Kier molecular flexibility index (Phi) is 3.30. The van der Waals surface area contributed by atoms with Gasteiger partial charge in [-0.2, -0.15) is 13.2 Å². The lowest BCUT2D eigenvalue weighted by molar-refractivity contribution is -0.138. The van der Waals surface area contributed by atoms with Gasteiger partial charge < -0.3 is 10.0 Å². The van der Waals surface area contributed by atoms with Gasteiger partial charge in [0.2, 0.25) is 0 Å². The fourth-order valence-corrected chi connectivity index (χ4v) is 2.01.